The van der Waals surface area contributed by atoms with Crippen LogP contribution < -0.4 is 34.9 Å². The van der Waals surface area contributed by atoms with Gasteiger partial charge in [-0.1, -0.05) is 23.9 Å². The lowest BCUT2D eigenvalue weighted by Crippen LogP contribution is -2.18. The van der Waals surface area contributed by atoms with E-state index >= 15 is 0 Å². The first-order valence-electron chi connectivity index (χ1n) is 17.0. The second-order valence-electron chi connectivity index (χ2n) is 11.3. The van der Waals surface area contributed by atoms with E-state index in [1.807, 2.05) is 0 Å². The lowest BCUT2D eigenvalue weighted by Gasteiger charge is -2.12. The van der Waals surface area contributed by atoms with Gasteiger partial charge in [0.15, 0.2) is 61.7 Å². The zero-order valence-electron chi connectivity index (χ0n) is 32.7. The van der Waals surface area contributed by atoms with Gasteiger partial charge in [0.25, 0.3) is 27.5 Å². The second kappa shape index (κ2) is 26.2. The van der Waals surface area contributed by atoms with E-state index in [0.717, 1.165) is 41.6 Å². The lowest BCUT2D eigenvalue weighted by atomic mass is 10.2. The highest BCUT2D eigenvalue weighted by molar-refractivity contribution is 8.18. The average Bonchev–Trinajstić information content (AvgIpc) is 3.90. The van der Waals surface area contributed by atoms with E-state index in [1.54, 1.807) is 42.5 Å². The third kappa shape index (κ3) is 17.2. The maximum Gasteiger partial charge on any atom is 0.290 e. The van der Waals surface area contributed by atoms with Gasteiger partial charge >= 0.3 is 0 Å². The van der Waals surface area contributed by atoms with E-state index in [1.165, 1.54) is 52.7 Å². The summed E-state index contributed by atoms with van der Waals surface area (Å²) in [4.78, 5) is 76.2. The molecule has 0 saturated carbocycles. The van der Waals surface area contributed by atoms with E-state index in [2.05, 4.69) is 16.0 Å². The molecular formula is C38H39N3O17S3. The summed E-state index contributed by atoms with van der Waals surface area (Å²) >= 11 is 2.66. The molecule has 326 valence electrons. The highest BCUT2D eigenvalue weighted by atomic mass is 32.2. The number of phenolic OH excluding ortho intramolecular Hbond substituents is 2. The molecule has 6 rings (SSSR count). The summed E-state index contributed by atoms with van der Waals surface area (Å²) in [5, 5.41) is 23.7. The van der Waals surface area contributed by atoms with Gasteiger partial charge < -0.3 is 48.1 Å². The van der Waals surface area contributed by atoms with Crippen molar-refractivity contribution in [2.24, 2.45) is 0 Å². The van der Waals surface area contributed by atoms with Crippen LogP contribution in [0.15, 0.2) is 64.4 Å². The van der Waals surface area contributed by atoms with Crippen molar-refractivity contribution in [3.05, 3.63) is 81.1 Å². The van der Waals surface area contributed by atoms with Gasteiger partial charge in [0.05, 0.1) is 15.6 Å². The van der Waals surface area contributed by atoms with Gasteiger partial charge in [0, 0.05) is 34.0 Å². The predicted octanol–water partition coefficient (Wildman–Crippen LogP) is 4.83. The largest absolute Gasteiger partial charge is 0.504 e. The van der Waals surface area contributed by atoms with E-state index < -0.39 is 17.1 Å². The minimum Gasteiger partial charge on any atom is -0.504 e. The maximum absolute atomic E-state index is 11.5. The third-order valence-corrected chi connectivity index (χ3v) is 9.25. The Morgan fingerprint density at radius 3 is 1.33 bits per heavy atom. The molecule has 0 spiro atoms. The molecule has 3 aliphatic heterocycles. The van der Waals surface area contributed by atoms with Crippen molar-refractivity contribution in [3.8, 4) is 34.5 Å². The quantitative estimate of drug-likeness (QED) is 0.0591. The van der Waals surface area contributed by atoms with Crippen LogP contribution >= 0.6 is 35.3 Å². The first-order chi connectivity index (χ1) is 29.3. The zero-order chi connectivity index (χ0) is 44.7. The Balaban J connectivity index is 0.000000229. The van der Waals surface area contributed by atoms with Gasteiger partial charge in [0.1, 0.15) is 6.29 Å². The highest BCUT2D eigenvalue weighted by Gasteiger charge is 2.26. The Hall–Kier alpha value is -6.08. The number of thioether (sulfide) groups is 3. The summed E-state index contributed by atoms with van der Waals surface area (Å²) in [5.74, 6) is 0.618. The molecule has 23 heteroatoms. The monoisotopic (exact) mass is 905 g/mol. The topological polar surface area (TPSA) is 270 Å². The van der Waals surface area contributed by atoms with Gasteiger partial charge in [-0.2, -0.15) is 0 Å². The molecule has 3 aromatic rings. The fraction of sp³-hybridized carbons (Fsp3) is 0.237. The molecule has 3 fully saturated rings. The normalized spacial score (nSPS) is 15.3. The summed E-state index contributed by atoms with van der Waals surface area (Å²) in [7, 11) is 6.06. The number of carbonyl (C=O) groups is 7. The molecule has 0 bridgehead atoms. The summed E-state index contributed by atoms with van der Waals surface area (Å²) in [6, 6.07) is 14.1. The molecule has 61 heavy (non-hydrogen) atoms. The number of imide groups is 3. The van der Waals surface area contributed by atoms with Crippen molar-refractivity contribution in [1.82, 2.24) is 16.0 Å². The van der Waals surface area contributed by atoms with E-state index in [4.69, 9.17) is 43.0 Å². The summed E-state index contributed by atoms with van der Waals surface area (Å²) < 4.78 is 40.6. The molecule has 3 aromatic carbocycles. The standard InChI is InChI=1S/C14H15NO6S.C11H14O5.C10H7NO4S.C3H3NO2S/c1-18-7-20-10-4-3-9(5-11(10)21-8-19-2)6-12-13(16)15-14(17)22-12;1-13-7-15-10-4-3-9(6-12)5-11(10)16-8-14-2;12-6-2-1-5(3-7(6)13)4-8-9(14)11-10(15)16-8;5-2-1-7-3(6)4-2/h3-6H,7-8H2,1-2H3,(H,15,16,17);3-6H,7-8H2,1-2H3;1-4,12-13H,(H,11,14,15);1H2,(H,4,5,6)/b12-6-;;8-4-;. The average molecular weight is 906 g/mol. The fourth-order valence-electron chi connectivity index (χ4n) is 4.26. The van der Waals surface area contributed by atoms with E-state index in [9.17, 15) is 38.7 Å². The van der Waals surface area contributed by atoms with Crippen molar-refractivity contribution in [2.75, 3.05) is 61.4 Å². The van der Waals surface area contributed by atoms with Gasteiger partial charge in [0.2, 0.25) is 5.91 Å². The van der Waals surface area contributed by atoms with E-state index in [0.29, 0.717) is 50.3 Å². The van der Waals surface area contributed by atoms with Crippen LogP contribution in [0.4, 0.5) is 14.4 Å². The van der Waals surface area contributed by atoms with Crippen molar-refractivity contribution in [3.63, 3.8) is 0 Å². The number of hydrogen-bond donors (Lipinski definition) is 5. The summed E-state index contributed by atoms with van der Waals surface area (Å²) in [6.45, 7) is 0.336. The molecular weight excluding hydrogens is 867 g/mol. The SMILES string of the molecule is COCOc1ccc(/C=C2\SC(=O)NC2=O)cc1OCOC.COCOc1ccc(C=O)cc1OCOC.O=C1CSC(=O)N1.O=C1NC(=O)/C(=C/c2ccc(O)c(O)c2)S1. The Labute approximate surface area is 360 Å². The Bertz CT molecular complexity index is 2120. The van der Waals surface area contributed by atoms with E-state index in [-0.39, 0.29) is 60.0 Å². The van der Waals surface area contributed by atoms with Crippen LogP contribution in [0, 0.1) is 0 Å². The van der Waals surface area contributed by atoms with Gasteiger partial charge in [-0.05, 0) is 89.3 Å². The Morgan fingerprint density at radius 1 is 0.541 bits per heavy atom. The highest BCUT2D eigenvalue weighted by Crippen LogP contribution is 2.33. The van der Waals surface area contributed by atoms with Crippen molar-refractivity contribution < 1.29 is 81.7 Å². The number of amides is 6. The number of aldehydes is 1. The van der Waals surface area contributed by atoms with Crippen LogP contribution in [0.3, 0.4) is 0 Å². The molecule has 0 aliphatic carbocycles. The van der Waals surface area contributed by atoms with Crippen LogP contribution in [0.25, 0.3) is 12.2 Å². The predicted molar refractivity (Wildman–Crippen MR) is 222 cm³/mol. The molecule has 6 amide bonds. The molecule has 0 atom stereocenters. The fourth-order valence-corrected chi connectivity index (χ4v) is 6.14. The molecule has 3 saturated heterocycles. The van der Waals surface area contributed by atoms with Gasteiger partial charge in [-0.15, -0.1) is 0 Å². The number of phenols is 2. The molecule has 5 N–H and O–H groups in total. The number of ether oxygens (including phenoxy) is 8. The van der Waals surface area contributed by atoms with Crippen molar-refractivity contribution in [2.45, 2.75) is 0 Å². The van der Waals surface area contributed by atoms with Gasteiger partial charge in [-0.3, -0.25) is 49.5 Å². The van der Waals surface area contributed by atoms with Crippen LogP contribution in [0.1, 0.15) is 21.5 Å². The van der Waals surface area contributed by atoms with Crippen LogP contribution in [0.5, 0.6) is 34.5 Å². The van der Waals surface area contributed by atoms with Crippen LogP contribution in [-0.4, -0.2) is 111 Å². The minimum atomic E-state index is -0.456. The summed E-state index contributed by atoms with van der Waals surface area (Å²) in [6.07, 6.45) is 3.80. The number of rotatable bonds is 15. The van der Waals surface area contributed by atoms with Crippen molar-refractivity contribution >= 4 is 87.2 Å². The number of hydrogen-bond acceptors (Lipinski definition) is 20. The number of nitrogens with one attached hydrogen (secondary N) is 3. The van der Waals surface area contributed by atoms with Crippen LogP contribution in [0.2, 0.25) is 0 Å². The molecule has 20 nitrogen and oxygen atoms in total. The Morgan fingerprint density at radius 2 is 0.967 bits per heavy atom. The number of carbonyl (C=O) groups excluding carboxylic acids is 7. The Kier molecular flexibility index (Phi) is 21.2. The van der Waals surface area contributed by atoms with Crippen molar-refractivity contribution in [1.29, 1.82) is 0 Å². The maximum atomic E-state index is 11.5. The zero-order valence-corrected chi connectivity index (χ0v) is 35.2. The molecule has 0 radical (unpaired) electrons. The molecule has 3 heterocycles. The molecule has 0 aromatic heterocycles. The smallest absolute Gasteiger partial charge is 0.290 e. The number of methoxy groups -OCH3 is 4. The lowest BCUT2D eigenvalue weighted by molar-refractivity contribution is -0.117. The summed E-state index contributed by atoms with van der Waals surface area (Å²) in [5.41, 5.74) is 1.74. The van der Waals surface area contributed by atoms with Gasteiger partial charge in [-0.25, -0.2) is 0 Å². The van der Waals surface area contributed by atoms with Crippen LogP contribution in [-0.2, 0) is 33.3 Å². The molecule has 0 unspecified atom stereocenters. The first kappa shape index (κ1) is 49.3. The number of aromatic hydroxyl groups is 2. The third-order valence-electron chi connectivity index (χ3n) is 6.86. The first-order valence-corrected chi connectivity index (χ1v) is 19.6. The minimum absolute atomic E-state index is 0.0527. The second-order valence-corrected chi connectivity index (χ2v) is 14.3. The molecule has 3 aliphatic rings. The number of benzene rings is 3.